The molecule has 8 aromatic rings. The maximum Gasteiger partial charge on any atom is 0.298 e. The van der Waals surface area contributed by atoms with Gasteiger partial charge in [-0.05, 0) is 156 Å². The van der Waals surface area contributed by atoms with Gasteiger partial charge in [-0.1, -0.05) is 69.7 Å². The quantitative estimate of drug-likeness (QED) is 0.0131. The predicted octanol–water partition coefficient (Wildman–Crippen LogP) is 12.8. The molecule has 8 rings (SSSR count). The van der Waals surface area contributed by atoms with Gasteiger partial charge in [0.1, 0.15) is 44.3 Å². The van der Waals surface area contributed by atoms with Crippen molar-refractivity contribution in [3.05, 3.63) is 186 Å². The minimum atomic E-state index is -4.73. The Balaban J connectivity index is 0.000000235. The molecule has 0 aliphatic carbocycles. The van der Waals surface area contributed by atoms with Gasteiger partial charge in [-0.15, -0.1) is 13.0 Å². The van der Waals surface area contributed by atoms with E-state index < -0.39 is 45.6 Å². The van der Waals surface area contributed by atoms with Gasteiger partial charge in [0.25, 0.3) is 20.2 Å². The third-order valence-corrected chi connectivity index (χ3v) is 17.1. The maximum absolute atomic E-state index is 13.2. The standard InChI is InChI=1S/C27H22O9S2.C26H22O13S4/c1-17-3-4-20(15-25(17)37-36-35-29)27(28)21-9-14-24(26(16-21)38(30,31)32)34-23-12-7-19(8-13-23)18-5-10-22(33-2)11-6-18;1-16-3-8-21(15-24(16)40-38-36-27)42(29,30)20-9-6-19(7-10-20)35-22-11-4-17(13-25(22)41-39-37-28)18-5-12-23(34-2)26(14-18)43(31,32)33/h3-16,29H,1-2H3,(H,30,31,32);3-15,27-28H,1-2H3,(H,31,32,33). The van der Waals surface area contributed by atoms with Crippen molar-refractivity contribution in [2.45, 2.75) is 48.1 Å². The average Bonchev–Trinajstić information content (AvgIpc) is 3.51. The number of carbonyl (C=O) groups excluding carboxylic acids is 1. The molecule has 0 radical (unpaired) electrons. The molecule has 0 aromatic heterocycles. The summed E-state index contributed by atoms with van der Waals surface area (Å²) in [5.74, 6) is 0.849. The van der Waals surface area contributed by atoms with Crippen LogP contribution >= 0.6 is 36.1 Å². The summed E-state index contributed by atoms with van der Waals surface area (Å²) in [5.41, 5.74) is 4.43. The summed E-state index contributed by atoms with van der Waals surface area (Å²) in [6, 6.07) is 41.8. The minimum Gasteiger partial charge on any atom is -0.497 e. The summed E-state index contributed by atoms with van der Waals surface area (Å²) >= 11 is 1.93. The van der Waals surface area contributed by atoms with Crippen molar-refractivity contribution in [1.29, 1.82) is 0 Å². The van der Waals surface area contributed by atoms with Gasteiger partial charge >= 0.3 is 0 Å². The Morgan fingerprint density at radius 3 is 1.37 bits per heavy atom. The van der Waals surface area contributed by atoms with E-state index in [1.165, 1.54) is 79.9 Å². The molecule has 28 heteroatoms. The molecule has 0 unspecified atom stereocenters. The SMILES string of the molecule is COc1ccc(-c2ccc(Oc3ccc(C(=O)c4ccc(C)c(SOOO)c4)cc3S(=O)(=O)O)cc2)cc1.COc1ccc(-c2ccc(Oc3ccc(S(=O)(=O)c4ccc(C)c(SOOO)c4)cc3)c(SOOO)c2)cc1S(=O)(=O)O. The number of aryl methyl sites for hydroxylation is 2. The molecule has 0 spiro atoms. The van der Waals surface area contributed by atoms with Crippen LogP contribution in [0.4, 0.5) is 0 Å². The topological polar surface area (TPSA) is 313 Å². The number of ether oxygens (including phenoxy) is 4. The highest BCUT2D eigenvalue weighted by molar-refractivity contribution is 7.95. The Labute approximate surface area is 476 Å². The summed E-state index contributed by atoms with van der Waals surface area (Å²) in [6.45, 7) is 3.50. The Hall–Kier alpha value is -6.91. The molecule has 0 bridgehead atoms. The molecule has 424 valence electrons. The number of methoxy groups -OCH3 is 2. The Morgan fingerprint density at radius 2 is 0.827 bits per heavy atom. The van der Waals surface area contributed by atoms with Crippen LogP contribution < -0.4 is 18.9 Å². The molecule has 0 aliphatic heterocycles. The summed E-state index contributed by atoms with van der Waals surface area (Å²) < 4.78 is 129. The van der Waals surface area contributed by atoms with Gasteiger partial charge in [-0.25, -0.2) is 24.2 Å². The normalized spacial score (nSPS) is 11.6. The second-order valence-electron chi connectivity index (χ2n) is 16.5. The molecule has 0 amide bonds. The number of hydrogen-bond donors (Lipinski definition) is 5. The Morgan fingerprint density at radius 1 is 0.407 bits per heavy atom. The highest BCUT2D eigenvalue weighted by atomic mass is 32.2. The van der Waals surface area contributed by atoms with Crippen LogP contribution in [0.5, 0.6) is 34.5 Å². The van der Waals surface area contributed by atoms with Crippen molar-refractivity contribution < 1.29 is 102 Å². The smallest absolute Gasteiger partial charge is 0.298 e. The fourth-order valence-electron chi connectivity index (χ4n) is 7.40. The second-order valence-corrected chi connectivity index (χ2v) is 23.4. The third kappa shape index (κ3) is 16.0. The Kier molecular flexibility index (Phi) is 21.1. The summed E-state index contributed by atoms with van der Waals surface area (Å²) in [7, 11) is -10.4. The lowest BCUT2D eigenvalue weighted by Crippen LogP contribution is -2.07. The van der Waals surface area contributed by atoms with Crippen molar-refractivity contribution >= 4 is 72.0 Å². The zero-order valence-corrected chi connectivity index (χ0v) is 47.1. The van der Waals surface area contributed by atoms with Crippen LogP contribution in [0.3, 0.4) is 0 Å². The maximum atomic E-state index is 13.2. The molecule has 0 saturated heterocycles. The summed E-state index contributed by atoms with van der Waals surface area (Å²) in [6.07, 6.45) is 0. The first-order valence-corrected chi connectivity index (χ1v) is 29.3. The van der Waals surface area contributed by atoms with Gasteiger partial charge in [-0.2, -0.15) is 16.8 Å². The van der Waals surface area contributed by atoms with E-state index in [0.29, 0.717) is 68.4 Å². The minimum absolute atomic E-state index is 0.0121. The van der Waals surface area contributed by atoms with E-state index >= 15 is 0 Å². The molecule has 0 saturated carbocycles. The highest BCUT2D eigenvalue weighted by Crippen LogP contribution is 2.40. The van der Waals surface area contributed by atoms with E-state index in [0.717, 1.165) is 28.5 Å². The zero-order chi connectivity index (χ0) is 58.5. The number of benzene rings is 8. The monoisotopic (exact) mass is 1220 g/mol. The first-order chi connectivity index (χ1) is 38.7. The van der Waals surface area contributed by atoms with Crippen molar-refractivity contribution in [3.8, 4) is 56.8 Å². The molecular formula is C53H44O22S6. The molecule has 81 heavy (non-hydrogen) atoms. The zero-order valence-electron chi connectivity index (χ0n) is 42.2. The molecule has 22 nitrogen and oxygen atoms in total. The van der Waals surface area contributed by atoms with Crippen molar-refractivity contribution in [1.82, 2.24) is 0 Å². The first-order valence-electron chi connectivity index (χ1n) is 22.7. The molecule has 5 N–H and O–H groups in total. The number of rotatable bonds is 23. The van der Waals surface area contributed by atoms with Crippen molar-refractivity contribution in [2.75, 3.05) is 14.2 Å². The van der Waals surface area contributed by atoms with Gasteiger partial charge in [-0.3, -0.25) is 13.9 Å². The van der Waals surface area contributed by atoms with Crippen LogP contribution in [0.25, 0.3) is 22.3 Å². The number of ketones is 1. The van der Waals surface area contributed by atoms with Crippen LogP contribution in [0, 0.1) is 13.8 Å². The van der Waals surface area contributed by atoms with Crippen molar-refractivity contribution in [3.63, 3.8) is 0 Å². The predicted molar refractivity (Wildman–Crippen MR) is 293 cm³/mol. The molecule has 0 atom stereocenters. The molecular weight excluding hydrogens is 1180 g/mol. The lowest BCUT2D eigenvalue weighted by atomic mass is 10.0. The van der Waals surface area contributed by atoms with Crippen LogP contribution in [-0.2, 0) is 58.2 Å². The third-order valence-electron chi connectivity index (χ3n) is 11.5. The first kappa shape index (κ1) is 61.7. The van der Waals surface area contributed by atoms with Crippen LogP contribution in [-0.4, -0.2) is 70.1 Å². The summed E-state index contributed by atoms with van der Waals surface area (Å²) in [5, 5.41) is 36.4. The van der Waals surface area contributed by atoms with E-state index in [9.17, 15) is 39.2 Å². The number of sulfone groups is 1. The van der Waals surface area contributed by atoms with Gasteiger partial charge in [0, 0.05) is 20.9 Å². The van der Waals surface area contributed by atoms with Gasteiger partial charge in [0.05, 0.1) is 65.0 Å². The van der Waals surface area contributed by atoms with E-state index in [-0.39, 0.29) is 48.8 Å². The van der Waals surface area contributed by atoms with E-state index in [1.807, 2.05) is 24.3 Å². The van der Waals surface area contributed by atoms with Crippen LogP contribution in [0.2, 0.25) is 0 Å². The largest absolute Gasteiger partial charge is 0.497 e. The van der Waals surface area contributed by atoms with Crippen LogP contribution in [0.1, 0.15) is 27.0 Å². The van der Waals surface area contributed by atoms with Gasteiger partial charge in [0.2, 0.25) is 9.84 Å². The number of hydrogen-bond acceptors (Lipinski definition) is 23. The second kappa shape index (κ2) is 27.7. The molecule has 0 fully saturated rings. The van der Waals surface area contributed by atoms with Crippen LogP contribution in [0.15, 0.2) is 198 Å². The summed E-state index contributed by atoms with van der Waals surface area (Å²) in [4.78, 5) is 13.3. The fourth-order valence-corrected chi connectivity index (χ4v) is 11.5. The van der Waals surface area contributed by atoms with E-state index in [2.05, 4.69) is 28.1 Å². The molecule has 8 aromatic carbocycles. The fraction of sp³-hybridized carbons (Fsp3) is 0.0755. The average molecular weight is 1230 g/mol. The molecule has 0 aliphatic rings. The van der Waals surface area contributed by atoms with Crippen molar-refractivity contribution in [2.24, 2.45) is 0 Å². The van der Waals surface area contributed by atoms with Gasteiger partial charge < -0.3 is 18.9 Å². The number of carbonyl (C=O) groups is 1. The highest BCUT2D eigenvalue weighted by Gasteiger charge is 2.24. The lowest BCUT2D eigenvalue weighted by molar-refractivity contribution is -0.432. The molecule has 0 heterocycles. The Bertz CT molecular complexity index is 3860. The van der Waals surface area contributed by atoms with E-state index in [4.69, 9.17) is 34.7 Å². The lowest BCUT2D eigenvalue weighted by Gasteiger charge is -2.13. The van der Waals surface area contributed by atoms with Gasteiger partial charge in [0.15, 0.2) is 5.78 Å². The van der Waals surface area contributed by atoms with E-state index in [1.54, 1.807) is 81.6 Å².